The summed E-state index contributed by atoms with van der Waals surface area (Å²) in [5.74, 6) is -5.70. The third-order valence-corrected chi connectivity index (χ3v) is 6.10. The summed E-state index contributed by atoms with van der Waals surface area (Å²) in [7, 11) is -4.87. The van der Waals surface area contributed by atoms with Crippen LogP contribution in [0, 0.1) is 0 Å². The van der Waals surface area contributed by atoms with Gasteiger partial charge in [-0.15, -0.1) is 0 Å². The molecule has 1 unspecified atom stereocenters. The Labute approximate surface area is 202 Å². The van der Waals surface area contributed by atoms with E-state index in [4.69, 9.17) is 10.1 Å². The number of rotatable bonds is 3. The third kappa shape index (κ3) is 4.70. The van der Waals surface area contributed by atoms with Crippen LogP contribution >= 0.6 is 0 Å². The normalized spacial score (nSPS) is 14.8. The van der Waals surface area contributed by atoms with Gasteiger partial charge in [0.2, 0.25) is 11.5 Å². The Morgan fingerprint density at radius 3 is 1.94 bits per heavy atom. The second-order valence-corrected chi connectivity index (χ2v) is 8.80. The lowest BCUT2D eigenvalue weighted by atomic mass is 9.88. The Kier molecular flexibility index (Phi) is 7.02. The fraction of sp³-hybridized carbons (Fsp3) is 0.0435. The molecule has 0 amide bonds. The number of Topliss-reactive ketones (excluding diaryl/α,β-unsaturated/α-hetero) is 2. The molecule has 3 aromatic carbocycles. The summed E-state index contributed by atoms with van der Waals surface area (Å²) in [6, 6.07) is 14.5. The molecule has 12 nitrogen and oxygen atoms in total. The molecular formula is C23H16N2O10S. The smallest absolute Gasteiger partial charge is 0.367 e. The Balaban J connectivity index is 0.000000201. The number of fused-ring (bicyclic) bond motifs is 1. The van der Waals surface area contributed by atoms with Crippen LogP contribution in [0.5, 0.6) is 23.0 Å². The Bertz CT molecular complexity index is 1560. The van der Waals surface area contributed by atoms with E-state index >= 15 is 0 Å². The van der Waals surface area contributed by atoms with Crippen molar-refractivity contribution >= 4 is 33.2 Å². The van der Waals surface area contributed by atoms with Crippen LogP contribution in [0.2, 0.25) is 0 Å². The van der Waals surface area contributed by atoms with Gasteiger partial charge >= 0.3 is 5.71 Å². The zero-order valence-corrected chi connectivity index (χ0v) is 18.7. The number of phenolic OH excluding ortho intramolecular Hbond substituents is 4. The maximum absolute atomic E-state index is 12.0. The summed E-state index contributed by atoms with van der Waals surface area (Å²) in [5.41, 5.74) is 7.59. The minimum Gasteiger partial charge on any atom is -0.504 e. The largest absolute Gasteiger partial charge is 0.504 e. The van der Waals surface area contributed by atoms with E-state index in [0.717, 1.165) is 6.07 Å². The highest BCUT2D eigenvalue weighted by molar-refractivity contribution is 7.88. The van der Waals surface area contributed by atoms with Gasteiger partial charge in [-0.1, -0.05) is 54.6 Å². The fourth-order valence-electron chi connectivity index (χ4n) is 3.35. The van der Waals surface area contributed by atoms with E-state index in [1.807, 2.05) is 0 Å². The van der Waals surface area contributed by atoms with Gasteiger partial charge in [-0.05, 0) is 6.07 Å². The molecule has 1 aliphatic carbocycles. The van der Waals surface area contributed by atoms with Crippen molar-refractivity contribution in [3.8, 4) is 23.0 Å². The van der Waals surface area contributed by atoms with Crippen molar-refractivity contribution in [2.75, 3.05) is 0 Å². The molecule has 0 spiro atoms. The average Bonchev–Trinajstić information content (AvgIpc) is 2.86. The molecule has 184 valence electrons. The van der Waals surface area contributed by atoms with Gasteiger partial charge in [-0.3, -0.25) is 18.9 Å². The number of hydrogen-bond acceptors (Lipinski definition) is 9. The molecule has 5 N–H and O–H groups in total. The van der Waals surface area contributed by atoms with Crippen molar-refractivity contribution in [3.63, 3.8) is 0 Å². The zero-order chi connectivity index (χ0) is 26.8. The summed E-state index contributed by atoms with van der Waals surface area (Å²) in [6.45, 7) is 0. The van der Waals surface area contributed by atoms with E-state index in [9.17, 15) is 43.2 Å². The van der Waals surface area contributed by atoms with Gasteiger partial charge in [0.15, 0.2) is 23.1 Å². The van der Waals surface area contributed by atoms with Crippen molar-refractivity contribution in [3.05, 3.63) is 88.4 Å². The van der Waals surface area contributed by atoms with E-state index in [1.165, 1.54) is 36.4 Å². The van der Waals surface area contributed by atoms with Crippen LogP contribution in [-0.4, -0.2) is 66.5 Å². The first-order chi connectivity index (χ1) is 16.9. The fourth-order valence-corrected chi connectivity index (χ4v) is 4.18. The van der Waals surface area contributed by atoms with E-state index in [2.05, 4.69) is 4.79 Å². The van der Waals surface area contributed by atoms with E-state index in [0.29, 0.717) is 0 Å². The maximum atomic E-state index is 12.0. The summed E-state index contributed by atoms with van der Waals surface area (Å²) in [6.07, 6.45) is 0. The standard InChI is InChI=1S/C13H10O5.C10H6N2O5S/c14-9-6-8(11(16)13(18)12(9)17)10(15)7-4-2-1-3-5-7;11-12-7-8(13)5-3-1-2-4-6(5)9(14)10(7)18(15,16)17/h1-6,14,16-18H;1-4,10H,(H,15,16,17). The summed E-state index contributed by atoms with van der Waals surface area (Å²) < 4.78 is 31.2. The summed E-state index contributed by atoms with van der Waals surface area (Å²) in [5, 5.41) is 35.3. The predicted octanol–water partition coefficient (Wildman–Crippen LogP) is 1.73. The van der Waals surface area contributed by atoms with Gasteiger partial charge in [0.25, 0.3) is 21.2 Å². The first-order valence-electron chi connectivity index (χ1n) is 9.82. The summed E-state index contributed by atoms with van der Waals surface area (Å²) in [4.78, 5) is 38.3. The lowest BCUT2D eigenvalue weighted by Gasteiger charge is -2.16. The molecule has 0 saturated heterocycles. The number of ketones is 3. The van der Waals surface area contributed by atoms with Crippen molar-refractivity contribution < 1.29 is 52.6 Å². The van der Waals surface area contributed by atoms with Crippen LogP contribution in [0.25, 0.3) is 5.53 Å². The minimum atomic E-state index is -4.87. The van der Waals surface area contributed by atoms with Gasteiger partial charge in [0, 0.05) is 16.7 Å². The second-order valence-electron chi connectivity index (χ2n) is 7.30. The average molecular weight is 512 g/mol. The van der Waals surface area contributed by atoms with E-state index < -0.39 is 61.4 Å². The number of carbonyl (C=O) groups excluding carboxylic acids is 3. The van der Waals surface area contributed by atoms with Gasteiger partial charge in [0.05, 0.1) is 5.56 Å². The quantitative estimate of drug-likeness (QED) is 0.0853. The number of nitrogens with zero attached hydrogens (tertiary/aromatic N) is 2. The number of hydrogen-bond donors (Lipinski definition) is 5. The summed E-state index contributed by atoms with van der Waals surface area (Å²) >= 11 is 0. The van der Waals surface area contributed by atoms with Gasteiger partial charge in [-0.2, -0.15) is 13.2 Å². The van der Waals surface area contributed by atoms with Crippen LogP contribution in [0.1, 0.15) is 36.6 Å². The molecule has 3 aromatic rings. The van der Waals surface area contributed by atoms with Crippen molar-refractivity contribution in [1.29, 1.82) is 0 Å². The number of phenols is 4. The molecule has 0 heterocycles. The third-order valence-electron chi connectivity index (χ3n) is 5.07. The molecule has 0 radical (unpaired) electrons. The van der Waals surface area contributed by atoms with Crippen molar-refractivity contribution in [1.82, 2.24) is 0 Å². The first kappa shape index (κ1) is 25.8. The highest BCUT2D eigenvalue weighted by Gasteiger charge is 2.51. The lowest BCUT2D eigenvalue weighted by Crippen LogP contribution is -2.46. The molecular weight excluding hydrogens is 496 g/mol. The van der Waals surface area contributed by atoms with Crippen LogP contribution in [0.3, 0.4) is 0 Å². The van der Waals surface area contributed by atoms with Gasteiger partial charge in [0.1, 0.15) is 0 Å². The minimum absolute atomic E-state index is 0.0600. The van der Waals surface area contributed by atoms with Crippen molar-refractivity contribution in [2.45, 2.75) is 5.25 Å². The van der Waals surface area contributed by atoms with Crippen LogP contribution in [0.15, 0.2) is 60.7 Å². The second kappa shape index (κ2) is 9.80. The molecule has 0 fully saturated rings. The molecule has 0 aromatic heterocycles. The number of carbonyl (C=O) groups is 3. The Morgan fingerprint density at radius 2 is 1.39 bits per heavy atom. The SMILES string of the molecule is O=C(c1ccccc1)c1cc(O)c(O)c(O)c1O.[N-]=[N+]=C1C(=O)c2ccccc2C(=O)C1S(=O)(=O)O. The number of aromatic hydroxyl groups is 4. The van der Waals surface area contributed by atoms with Crippen LogP contribution in [0.4, 0.5) is 0 Å². The van der Waals surface area contributed by atoms with Crippen LogP contribution in [-0.2, 0) is 10.1 Å². The van der Waals surface area contributed by atoms with Crippen LogP contribution < -0.4 is 0 Å². The van der Waals surface area contributed by atoms with E-state index in [1.54, 1.807) is 18.2 Å². The predicted molar refractivity (Wildman–Crippen MR) is 122 cm³/mol. The topological polar surface area (TPSA) is 223 Å². The first-order valence-corrected chi connectivity index (χ1v) is 11.3. The van der Waals surface area contributed by atoms with Gasteiger partial charge < -0.3 is 26.0 Å². The highest BCUT2D eigenvalue weighted by atomic mass is 32.2. The maximum Gasteiger partial charge on any atom is 0.367 e. The molecule has 4 rings (SSSR count). The molecule has 0 saturated carbocycles. The molecule has 1 aliphatic rings. The molecule has 13 heteroatoms. The Morgan fingerprint density at radius 1 is 0.833 bits per heavy atom. The highest BCUT2D eigenvalue weighted by Crippen LogP contribution is 2.44. The van der Waals surface area contributed by atoms with Crippen molar-refractivity contribution in [2.24, 2.45) is 0 Å². The van der Waals surface area contributed by atoms with E-state index in [-0.39, 0.29) is 22.3 Å². The monoisotopic (exact) mass is 512 g/mol. The zero-order valence-electron chi connectivity index (χ0n) is 17.9. The lowest BCUT2D eigenvalue weighted by molar-refractivity contribution is -0.00873. The van der Waals surface area contributed by atoms with Gasteiger partial charge in [-0.25, -0.2) is 0 Å². The molecule has 0 aliphatic heterocycles. The Hall–Kier alpha value is -4.84. The molecule has 0 bridgehead atoms. The number of benzene rings is 3. The molecule has 36 heavy (non-hydrogen) atoms. The molecule has 1 atom stereocenters.